The highest BCUT2D eigenvalue weighted by molar-refractivity contribution is 7.89. The van der Waals surface area contributed by atoms with Gasteiger partial charge >= 0.3 is 0 Å². The lowest BCUT2D eigenvalue weighted by atomic mass is 10.2. The van der Waals surface area contributed by atoms with Crippen molar-refractivity contribution in [1.29, 1.82) is 0 Å². The molecule has 9 heteroatoms. The lowest BCUT2D eigenvalue weighted by Crippen LogP contribution is -2.27. The predicted molar refractivity (Wildman–Crippen MR) is 95.3 cm³/mol. The van der Waals surface area contributed by atoms with Crippen LogP contribution in [0.2, 0.25) is 0 Å². The number of para-hydroxylation sites is 1. The molecule has 132 valence electrons. The van der Waals surface area contributed by atoms with E-state index in [9.17, 15) is 13.2 Å². The maximum Gasteiger partial charge on any atom is 0.287 e. The number of nitrogens with zero attached hydrogens (tertiary/aromatic N) is 1. The number of aromatic nitrogens is 1. The molecule has 2 aromatic heterocycles. The predicted octanol–water partition coefficient (Wildman–Crippen LogP) is 2.33. The van der Waals surface area contributed by atoms with E-state index in [2.05, 4.69) is 15.0 Å². The van der Waals surface area contributed by atoms with Crippen molar-refractivity contribution in [3.05, 3.63) is 47.2 Å². The molecule has 3 rings (SSSR count). The largest absolute Gasteiger partial charge is 0.438 e. The maximum atomic E-state index is 12.1. The number of hydrogen-bond donors (Lipinski definition) is 2. The minimum Gasteiger partial charge on any atom is -0.438 e. The van der Waals surface area contributed by atoms with Crippen LogP contribution in [0.3, 0.4) is 0 Å². The van der Waals surface area contributed by atoms with E-state index in [4.69, 9.17) is 4.42 Å². The number of rotatable bonds is 6. The Kier molecular flexibility index (Phi) is 4.89. The Morgan fingerprint density at radius 2 is 2.04 bits per heavy atom. The topological polar surface area (TPSA) is 101 Å². The standard InChI is InChI=1S/C16H17N3O4S2/c1-10(16-19-11-5-3-4-6-13(11)24-16)9-18-15(20)12-7-8-14(23-12)25(21,22)17-2/h3-8,10,17H,9H2,1-2H3,(H,18,20). The van der Waals surface area contributed by atoms with Crippen LogP contribution in [0.4, 0.5) is 0 Å². The Morgan fingerprint density at radius 1 is 1.28 bits per heavy atom. The van der Waals surface area contributed by atoms with Crippen molar-refractivity contribution in [3.63, 3.8) is 0 Å². The van der Waals surface area contributed by atoms with Gasteiger partial charge in [0.05, 0.1) is 15.2 Å². The number of thiazole rings is 1. The number of amides is 1. The summed E-state index contributed by atoms with van der Waals surface area (Å²) in [5.41, 5.74) is 0.939. The number of carbonyl (C=O) groups excluding carboxylic acids is 1. The molecule has 2 heterocycles. The molecule has 3 aromatic rings. The molecular formula is C16H17N3O4S2. The number of nitrogens with one attached hydrogen (secondary N) is 2. The van der Waals surface area contributed by atoms with Gasteiger partial charge in [0.2, 0.25) is 5.09 Å². The van der Waals surface area contributed by atoms with Crippen LogP contribution >= 0.6 is 11.3 Å². The lowest BCUT2D eigenvalue weighted by molar-refractivity contribution is 0.0918. The summed E-state index contributed by atoms with van der Waals surface area (Å²) in [4.78, 5) is 16.7. The molecule has 0 radical (unpaired) electrons. The molecular weight excluding hydrogens is 362 g/mol. The summed E-state index contributed by atoms with van der Waals surface area (Å²) in [5, 5.41) is 3.38. The summed E-state index contributed by atoms with van der Waals surface area (Å²) in [6, 6.07) is 10.4. The molecule has 1 aromatic carbocycles. The number of sulfonamides is 1. The smallest absolute Gasteiger partial charge is 0.287 e. The maximum absolute atomic E-state index is 12.1. The number of carbonyl (C=O) groups is 1. The van der Waals surface area contributed by atoms with E-state index < -0.39 is 15.9 Å². The second kappa shape index (κ2) is 6.95. The van der Waals surface area contributed by atoms with Crippen molar-refractivity contribution in [2.75, 3.05) is 13.6 Å². The van der Waals surface area contributed by atoms with Gasteiger partial charge in [-0.25, -0.2) is 18.1 Å². The molecule has 7 nitrogen and oxygen atoms in total. The highest BCUT2D eigenvalue weighted by Crippen LogP contribution is 2.27. The Morgan fingerprint density at radius 3 is 2.76 bits per heavy atom. The van der Waals surface area contributed by atoms with Crippen LogP contribution in [0.15, 0.2) is 45.9 Å². The number of benzene rings is 1. The Balaban J connectivity index is 1.65. The van der Waals surface area contributed by atoms with Crippen LogP contribution < -0.4 is 10.0 Å². The molecule has 0 spiro atoms. The average molecular weight is 379 g/mol. The first kappa shape index (κ1) is 17.6. The van der Waals surface area contributed by atoms with Gasteiger partial charge in [-0.15, -0.1) is 11.3 Å². The van der Waals surface area contributed by atoms with Crippen LogP contribution in [-0.2, 0) is 10.0 Å². The van der Waals surface area contributed by atoms with Gasteiger partial charge in [0.25, 0.3) is 15.9 Å². The van der Waals surface area contributed by atoms with Crippen LogP contribution in [-0.4, -0.2) is 32.9 Å². The van der Waals surface area contributed by atoms with E-state index in [1.807, 2.05) is 31.2 Å². The van der Waals surface area contributed by atoms with Crippen LogP contribution in [0.25, 0.3) is 10.2 Å². The molecule has 0 saturated heterocycles. The first-order valence-electron chi connectivity index (χ1n) is 7.58. The molecule has 1 unspecified atom stereocenters. The molecule has 25 heavy (non-hydrogen) atoms. The molecule has 0 fully saturated rings. The summed E-state index contributed by atoms with van der Waals surface area (Å²) < 4.78 is 31.6. The normalized spacial score (nSPS) is 13.0. The minimum atomic E-state index is -3.70. The van der Waals surface area contributed by atoms with Crippen molar-refractivity contribution in [2.24, 2.45) is 0 Å². The zero-order chi connectivity index (χ0) is 18.0. The van der Waals surface area contributed by atoms with Gasteiger partial charge in [-0.05, 0) is 31.3 Å². The summed E-state index contributed by atoms with van der Waals surface area (Å²) in [5.74, 6) is -0.493. The van der Waals surface area contributed by atoms with E-state index in [1.165, 1.54) is 19.2 Å². The van der Waals surface area contributed by atoms with Gasteiger partial charge in [-0.1, -0.05) is 19.1 Å². The molecule has 2 N–H and O–H groups in total. The quantitative estimate of drug-likeness (QED) is 0.684. The Labute approximate surface area is 149 Å². The van der Waals surface area contributed by atoms with Gasteiger partial charge in [-0.2, -0.15) is 0 Å². The molecule has 0 aliphatic rings. The van der Waals surface area contributed by atoms with Gasteiger partial charge < -0.3 is 9.73 Å². The van der Waals surface area contributed by atoms with Crippen molar-refractivity contribution in [3.8, 4) is 0 Å². The fourth-order valence-electron chi connectivity index (χ4n) is 2.21. The first-order chi connectivity index (χ1) is 11.9. The van der Waals surface area contributed by atoms with Crippen molar-refractivity contribution >= 4 is 37.5 Å². The molecule has 1 amide bonds. The van der Waals surface area contributed by atoms with Crippen molar-refractivity contribution < 1.29 is 17.6 Å². The van der Waals surface area contributed by atoms with E-state index >= 15 is 0 Å². The van der Waals surface area contributed by atoms with Crippen molar-refractivity contribution in [2.45, 2.75) is 17.9 Å². The van der Waals surface area contributed by atoms with Gasteiger partial charge in [-0.3, -0.25) is 4.79 Å². The number of furan rings is 1. The number of fused-ring (bicyclic) bond motifs is 1. The molecule has 0 saturated carbocycles. The Hall–Kier alpha value is -2.23. The van der Waals surface area contributed by atoms with Crippen LogP contribution in [0.5, 0.6) is 0 Å². The minimum absolute atomic E-state index is 0.0248. The SMILES string of the molecule is CNS(=O)(=O)c1ccc(C(=O)NCC(C)c2nc3ccccc3s2)o1. The number of hydrogen-bond acceptors (Lipinski definition) is 6. The summed E-state index contributed by atoms with van der Waals surface area (Å²) in [6.07, 6.45) is 0. The highest BCUT2D eigenvalue weighted by Gasteiger charge is 2.20. The Bertz CT molecular complexity index is 974. The summed E-state index contributed by atoms with van der Waals surface area (Å²) >= 11 is 1.59. The third kappa shape index (κ3) is 3.73. The zero-order valence-electron chi connectivity index (χ0n) is 13.6. The van der Waals surface area contributed by atoms with E-state index in [0.29, 0.717) is 6.54 Å². The van der Waals surface area contributed by atoms with Crippen LogP contribution in [0.1, 0.15) is 28.4 Å². The zero-order valence-corrected chi connectivity index (χ0v) is 15.3. The van der Waals surface area contributed by atoms with Gasteiger partial charge in [0.15, 0.2) is 5.76 Å². The van der Waals surface area contributed by atoms with E-state index in [-0.39, 0.29) is 16.8 Å². The summed E-state index contributed by atoms with van der Waals surface area (Å²) in [6.45, 7) is 2.34. The third-order valence-electron chi connectivity index (χ3n) is 3.64. The fourth-order valence-corrected chi connectivity index (χ4v) is 3.87. The first-order valence-corrected chi connectivity index (χ1v) is 9.87. The summed E-state index contributed by atoms with van der Waals surface area (Å²) in [7, 11) is -2.43. The monoisotopic (exact) mass is 379 g/mol. The van der Waals surface area contributed by atoms with Gasteiger partial charge in [0, 0.05) is 12.5 Å². The second-order valence-corrected chi connectivity index (χ2v) is 8.34. The van der Waals surface area contributed by atoms with Crippen LogP contribution in [0, 0.1) is 0 Å². The molecule has 0 aliphatic heterocycles. The highest BCUT2D eigenvalue weighted by atomic mass is 32.2. The van der Waals surface area contributed by atoms with E-state index in [0.717, 1.165) is 15.2 Å². The second-order valence-electron chi connectivity index (χ2n) is 5.46. The average Bonchev–Trinajstić information content (AvgIpc) is 3.26. The van der Waals surface area contributed by atoms with Crippen molar-refractivity contribution in [1.82, 2.24) is 15.0 Å². The third-order valence-corrected chi connectivity index (χ3v) is 6.19. The molecule has 1 atom stereocenters. The molecule has 0 aliphatic carbocycles. The van der Waals surface area contributed by atoms with Gasteiger partial charge in [0.1, 0.15) is 0 Å². The fraction of sp³-hybridized carbons (Fsp3) is 0.250. The van der Waals surface area contributed by atoms with E-state index in [1.54, 1.807) is 11.3 Å². The lowest BCUT2D eigenvalue weighted by Gasteiger charge is -2.08. The molecule has 0 bridgehead atoms.